The van der Waals surface area contributed by atoms with Crippen LogP contribution in [0.5, 0.6) is 0 Å². The predicted molar refractivity (Wildman–Crippen MR) is 127 cm³/mol. The number of nitrogens with one attached hydrogen (secondary N) is 1. The Morgan fingerprint density at radius 3 is 2.50 bits per heavy atom. The maximum Gasteiger partial charge on any atom is 0.276 e. The van der Waals surface area contributed by atoms with Crippen LogP contribution in [0.25, 0.3) is 16.8 Å². The number of rotatable bonds is 6. The van der Waals surface area contributed by atoms with Crippen molar-refractivity contribution in [3.63, 3.8) is 0 Å². The highest BCUT2D eigenvalue weighted by Crippen LogP contribution is 2.23. The smallest absolute Gasteiger partial charge is 0.276 e. The third-order valence-corrected chi connectivity index (χ3v) is 5.56. The summed E-state index contributed by atoms with van der Waals surface area (Å²) in [4.78, 5) is 27.3. The van der Waals surface area contributed by atoms with Crippen LogP contribution in [0.2, 0.25) is 0 Å². The summed E-state index contributed by atoms with van der Waals surface area (Å²) in [5.41, 5.74) is 6.04. The third kappa shape index (κ3) is 4.27. The van der Waals surface area contributed by atoms with Crippen molar-refractivity contribution in [3.8, 4) is 11.3 Å². The molecule has 4 aromatic rings. The van der Waals surface area contributed by atoms with E-state index >= 15 is 0 Å². The Labute approximate surface area is 186 Å². The highest BCUT2D eigenvalue weighted by Gasteiger charge is 2.12. The van der Waals surface area contributed by atoms with E-state index in [1.807, 2.05) is 51.0 Å². The number of hydrogen-bond donors (Lipinski definition) is 1. The molecule has 0 unspecified atom stereocenters. The number of carbonyl (C=O) groups is 1. The van der Waals surface area contributed by atoms with Gasteiger partial charge in [0.2, 0.25) is 0 Å². The van der Waals surface area contributed by atoms with E-state index in [1.54, 1.807) is 33.6 Å². The van der Waals surface area contributed by atoms with E-state index in [4.69, 9.17) is 0 Å². The van der Waals surface area contributed by atoms with E-state index in [9.17, 15) is 9.59 Å². The molecule has 0 saturated heterocycles. The van der Waals surface area contributed by atoms with Crippen molar-refractivity contribution < 1.29 is 4.79 Å². The van der Waals surface area contributed by atoms with Gasteiger partial charge >= 0.3 is 0 Å². The second-order valence-electron chi connectivity index (χ2n) is 8.17. The van der Waals surface area contributed by atoms with Gasteiger partial charge in [0.05, 0.1) is 5.69 Å². The standard InChI is InChI=1S/C25H27N5O2/c1-17-5-6-18(2)21(15-17)22-16-23-25(32)29(13-14-30(23)27-22)12-11-26-24(31)19-7-9-20(10-8-19)28(3)4/h5-10,13-16H,11-12H2,1-4H3,(H,26,31). The van der Waals surface area contributed by atoms with Crippen LogP contribution in [0.15, 0.2) is 65.7 Å². The van der Waals surface area contributed by atoms with Crippen LogP contribution in [-0.4, -0.2) is 40.7 Å². The van der Waals surface area contributed by atoms with E-state index in [0.717, 1.165) is 28.1 Å². The molecule has 0 saturated carbocycles. The number of anilines is 1. The van der Waals surface area contributed by atoms with Gasteiger partial charge in [0.1, 0.15) is 5.52 Å². The molecule has 1 N–H and O–H groups in total. The minimum Gasteiger partial charge on any atom is -0.378 e. The SMILES string of the molecule is Cc1ccc(C)c(-c2cc3c(=O)n(CCNC(=O)c4ccc(N(C)C)cc4)ccn3n2)c1. The molecule has 1 amide bonds. The molecule has 7 nitrogen and oxygen atoms in total. The van der Waals surface area contributed by atoms with Gasteiger partial charge in [-0.25, -0.2) is 4.52 Å². The summed E-state index contributed by atoms with van der Waals surface area (Å²) in [7, 11) is 3.91. The molecular weight excluding hydrogens is 402 g/mol. The number of benzene rings is 2. The van der Waals surface area contributed by atoms with Gasteiger partial charge in [-0.2, -0.15) is 5.10 Å². The van der Waals surface area contributed by atoms with Crippen molar-refractivity contribution in [1.82, 2.24) is 19.5 Å². The van der Waals surface area contributed by atoms with E-state index in [0.29, 0.717) is 24.2 Å². The molecule has 0 aliphatic heterocycles. The number of hydrogen-bond acceptors (Lipinski definition) is 4. The molecule has 0 aliphatic carbocycles. The Bertz CT molecular complexity index is 1330. The Morgan fingerprint density at radius 2 is 1.78 bits per heavy atom. The second-order valence-corrected chi connectivity index (χ2v) is 8.17. The van der Waals surface area contributed by atoms with E-state index in [-0.39, 0.29) is 11.5 Å². The van der Waals surface area contributed by atoms with Crippen LogP contribution >= 0.6 is 0 Å². The quantitative estimate of drug-likeness (QED) is 0.511. The monoisotopic (exact) mass is 429 g/mol. The summed E-state index contributed by atoms with van der Waals surface area (Å²) in [6.45, 7) is 4.80. The lowest BCUT2D eigenvalue weighted by Crippen LogP contribution is -2.31. The van der Waals surface area contributed by atoms with Gasteiger partial charge in [0.15, 0.2) is 0 Å². The Morgan fingerprint density at radius 1 is 1.03 bits per heavy atom. The highest BCUT2D eigenvalue weighted by atomic mass is 16.1. The zero-order valence-corrected chi connectivity index (χ0v) is 18.8. The second kappa shape index (κ2) is 8.70. The fourth-order valence-electron chi connectivity index (χ4n) is 3.65. The molecule has 0 bridgehead atoms. The van der Waals surface area contributed by atoms with Crippen molar-refractivity contribution in [2.24, 2.45) is 0 Å². The fourth-order valence-corrected chi connectivity index (χ4v) is 3.65. The van der Waals surface area contributed by atoms with Gasteiger partial charge in [-0.05, 0) is 55.8 Å². The van der Waals surface area contributed by atoms with Crippen molar-refractivity contribution in [2.45, 2.75) is 20.4 Å². The lowest BCUT2D eigenvalue weighted by Gasteiger charge is -2.12. The summed E-state index contributed by atoms with van der Waals surface area (Å²) in [6, 6.07) is 15.4. The average molecular weight is 430 g/mol. The molecule has 2 aromatic heterocycles. The summed E-state index contributed by atoms with van der Waals surface area (Å²) < 4.78 is 3.21. The maximum absolute atomic E-state index is 13.0. The molecule has 32 heavy (non-hydrogen) atoms. The van der Waals surface area contributed by atoms with E-state index in [2.05, 4.69) is 28.6 Å². The average Bonchev–Trinajstić information content (AvgIpc) is 3.22. The van der Waals surface area contributed by atoms with Gasteiger partial charge in [-0.1, -0.05) is 17.7 Å². The first-order valence-corrected chi connectivity index (χ1v) is 10.6. The molecule has 2 heterocycles. The van der Waals surface area contributed by atoms with E-state index < -0.39 is 0 Å². The summed E-state index contributed by atoms with van der Waals surface area (Å²) in [5, 5.41) is 7.47. The largest absolute Gasteiger partial charge is 0.378 e. The number of aryl methyl sites for hydroxylation is 2. The van der Waals surface area contributed by atoms with Crippen LogP contribution in [0.1, 0.15) is 21.5 Å². The Hall–Kier alpha value is -3.87. The molecular formula is C25H27N5O2. The van der Waals surface area contributed by atoms with Crippen LogP contribution < -0.4 is 15.8 Å². The van der Waals surface area contributed by atoms with E-state index in [1.165, 1.54) is 0 Å². The van der Waals surface area contributed by atoms with Crippen molar-refractivity contribution in [2.75, 3.05) is 25.5 Å². The summed E-state index contributed by atoms with van der Waals surface area (Å²) >= 11 is 0. The first kappa shape index (κ1) is 21.4. The number of fused-ring (bicyclic) bond motifs is 1. The summed E-state index contributed by atoms with van der Waals surface area (Å²) in [5.74, 6) is -0.161. The van der Waals surface area contributed by atoms with Gasteiger partial charge in [0.25, 0.3) is 11.5 Å². The molecule has 2 aromatic carbocycles. The van der Waals surface area contributed by atoms with Crippen LogP contribution in [0, 0.1) is 13.8 Å². The first-order chi connectivity index (χ1) is 15.3. The third-order valence-electron chi connectivity index (χ3n) is 5.56. The lowest BCUT2D eigenvalue weighted by atomic mass is 10.0. The van der Waals surface area contributed by atoms with Crippen LogP contribution in [0.3, 0.4) is 0 Å². The molecule has 0 spiro atoms. The zero-order valence-electron chi connectivity index (χ0n) is 18.8. The predicted octanol–water partition coefficient (Wildman–Crippen LogP) is 3.28. The van der Waals surface area contributed by atoms with Gasteiger partial charge < -0.3 is 14.8 Å². The molecule has 0 fully saturated rings. The van der Waals surface area contributed by atoms with Gasteiger partial charge in [0, 0.05) is 56.4 Å². The van der Waals surface area contributed by atoms with Crippen molar-refractivity contribution in [1.29, 1.82) is 0 Å². The first-order valence-electron chi connectivity index (χ1n) is 10.6. The lowest BCUT2D eigenvalue weighted by molar-refractivity contribution is 0.0952. The zero-order chi connectivity index (χ0) is 22.8. The number of carbonyl (C=O) groups excluding carboxylic acids is 1. The normalized spacial score (nSPS) is 11.0. The summed E-state index contributed by atoms with van der Waals surface area (Å²) in [6.07, 6.45) is 3.47. The number of amides is 1. The maximum atomic E-state index is 13.0. The minimum absolute atomic E-state index is 0.138. The van der Waals surface area contributed by atoms with Crippen LogP contribution in [-0.2, 0) is 6.54 Å². The van der Waals surface area contributed by atoms with Gasteiger partial charge in [-0.3, -0.25) is 9.59 Å². The Balaban J connectivity index is 1.48. The number of nitrogens with zero attached hydrogens (tertiary/aromatic N) is 4. The highest BCUT2D eigenvalue weighted by molar-refractivity contribution is 5.94. The molecule has 4 rings (SSSR count). The van der Waals surface area contributed by atoms with Crippen molar-refractivity contribution in [3.05, 3.63) is 88.0 Å². The molecule has 7 heteroatoms. The topological polar surface area (TPSA) is 71.6 Å². The molecule has 0 radical (unpaired) electrons. The fraction of sp³-hybridized carbons (Fsp3) is 0.240. The molecule has 0 atom stereocenters. The molecule has 0 aliphatic rings. The minimum atomic E-state index is -0.161. The van der Waals surface area contributed by atoms with Crippen LogP contribution in [0.4, 0.5) is 5.69 Å². The Kier molecular flexibility index (Phi) is 5.81. The number of aromatic nitrogens is 3. The van der Waals surface area contributed by atoms with Crippen molar-refractivity contribution >= 4 is 17.1 Å². The van der Waals surface area contributed by atoms with Gasteiger partial charge in [-0.15, -0.1) is 0 Å². The molecule has 164 valence electrons.